The summed E-state index contributed by atoms with van der Waals surface area (Å²) >= 11 is 0. The van der Waals surface area contributed by atoms with Gasteiger partial charge in [0.05, 0.1) is 12.0 Å². The molecule has 2 aromatic rings. The molecule has 0 unspecified atom stereocenters. The highest BCUT2D eigenvalue weighted by atomic mass is 16.6. The second-order valence-electron chi connectivity index (χ2n) is 4.32. The summed E-state index contributed by atoms with van der Waals surface area (Å²) in [5, 5.41) is 32.6. The van der Waals surface area contributed by atoms with Crippen LogP contribution in [-0.2, 0) is 6.54 Å². The van der Waals surface area contributed by atoms with E-state index in [9.17, 15) is 20.3 Å². The minimum atomic E-state index is -0.517. The number of nitro benzene ring substituents is 1. The van der Waals surface area contributed by atoms with E-state index in [1.807, 2.05) is 0 Å². The van der Waals surface area contributed by atoms with Crippen LogP contribution in [-0.4, -0.2) is 22.2 Å². The summed E-state index contributed by atoms with van der Waals surface area (Å²) in [5.74, 6) is -0.221. The molecule has 21 heavy (non-hydrogen) atoms. The van der Waals surface area contributed by atoms with E-state index in [2.05, 4.69) is 5.32 Å². The van der Waals surface area contributed by atoms with Gasteiger partial charge in [-0.05, 0) is 29.8 Å². The predicted molar refractivity (Wildman–Crippen MR) is 76.7 cm³/mol. The Morgan fingerprint density at radius 2 is 1.95 bits per heavy atom. The number of anilines is 1. The van der Waals surface area contributed by atoms with Gasteiger partial charge in [0.15, 0.2) is 17.2 Å². The maximum absolute atomic E-state index is 10.9. The third-order valence-corrected chi connectivity index (χ3v) is 2.91. The highest BCUT2D eigenvalue weighted by Gasteiger charge is 2.15. The van der Waals surface area contributed by atoms with Crippen LogP contribution >= 0.6 is 0 Å². The zero-order valence-corrected chi connectivity index (χ0v) is 11.2. The molecule has 3 N–H and O–H groups in total. The van der Waals surface area contributed by atoms with Crippen molar-refractivity contribution in [1.82, 2.24) is 0 Å². The smallest absolute Gasteiger partial charge is 0.312 e. The lowest BCUT2D eigenvalue weighted by Gasteiger charge is -2.09. The Hall–Kier alpha value is -2.96. The first-order valence-electron chi connectivity index (χ1n) is 6.08. The Morgan fingerprint density at radius 3 is 2.57 bits per heavy atom. The van der Waals surface area contributed by atoms with Crippen molar-refractivity contribution in [2.45, 2.75) is 6.54 Å². The fourth-order valence-corrected chi connectivity index (χ4v) is 1.83. The van der Waals surface area contributed by atoms with Crippen LogP contribution in [0.1, 0.15) is 5.56 Å². The third-order valence-electron chi connectivity index (χ3n) is 2.91. The molecule has 2 rings (SSSR count). The molecule has 0 saturated carbocycles. The number of ether oxygens (including phenoxy) is 1. The molecule has 0 aliphatic heterocycles. The van der Waals surface area contributed by atoms with Crippen molar-refractivity contribution in [1.29, 1.82) is 0 Å². The van der Waals surface area contributed by atoms with Crippen LogP contribution in [0.25, 0.3) is 0 Å². The van der Waals surface area contributed by atoms with Gasteiger partial charge < -0.3 is 20.3 Å². The number of rotatable bonds is 5. The van der Waals surface area contributed by atoms with Crippen LogP contribution in [0.2, 0.25) is 0 Å². The molecule has 0 bridgehead atoms. The Labute approximate surface area is 120 Å². The quantitative estimate of drug-likeness (QED) is 0.444. The molecular weight excluding hydrogens is 276 g/mol. The summed E-state index contributed by atoms with van der Waals surface area (Å²) in [6.45, 7) is 0.345. The molecule has 0 radical (unpaired) electrons. The van der Waals surface area contributed by atoms with Crippen molar-refractivity contribution in [3.05, 3.63) is 52.1 Å². The van der Waals surface area contributed by atoms with E-state index < -0.39 is 4.92 Å². The molecule has 110 valence electrons. The number of nitrogens with zero attached hydrogens (tertiary/aromatic N) is 1. The van der Waals surface area contributed by atoms with Crippen LogP contribution in [0.15, 0.2) is 36.4 Å². The number of hydrogen-bond acceptors (Lipinski definition) is 6. The van der Waals surface area contributed by atoms with E-state index in [-0.39, 0.29) is 22.9 Å². The number of phenols is 2. The number of phenolic OH excluding ortho intramolecular Hbond substituents is 2. The molecular formula is C14H14N2O5. The van der Waals surface area contributed by atoms with E-state index in [4.69, 9.17) is 4.74 Å². The van der Waals surface area contributed by atoms with Gasteiger partial charge in [0.1, 0.15) is 0 Å². The standard InChI is InChI=1S/C14H14N2O5/c1-21-14-5-3-10(7-11(14)16(19)20)15-8-9-2-4-12(17)13(18)6-9/h2-7,15,17-18H,8H2,1H3. The number of benzene rings is 2. The normalized spacial score (nSPS) is 10.1. The Kier molecular flexibility index (Phi) is 4.13. The largest absolute Gasteiger partial charge is 0.504 e. The van der Waals surface area contributed by atoms with Crippen molar-refractivity contribution >= 4 is 11.4 Å². The maximum Gasteiger partial charge on any atom is 0.312 e. The van der Waals surface area contributed by atoms with Gasteiger partial charge in [-0.15, -0.1) is 0 Å². The van der Waals surface area contributed by atoms with Gasteiger partial charge in [-0.3, -0.25) is 10.1 Å². The summed E-state index contributed by atoms with van der Waals surface area (Å²) < 4.78 is 4.92. The number of nitrogens with one attached hydrogen (secondary N) is 1. The number of nitro groups is 1. The predicted octanol–water partition coefficient (Wildman–Crippen LogP) is 2.63. The van der Waals surface area contributed by atoms with Crippen molar-refractivity contribution < 1.29 is 19.9 Å². The lowest BCUT2D eigenvalue weighted by Crippen LogP contribution is -2.01. The SMILES string of the molecule is COc1ccc(NCc2ccc(O)c(O)c2)cc1[N+](=O)[O-]. The average Bonchev–Trinajstić information content (AvgIpc) is 2.48. The van der Waals surface area contributed by atoms with Crippen LogP contribution in [0.5, 0.6) is 17.2 Å². The first-order valence-corrected chi connectivity index (χ1v) is 6.08. The summed E-state index contributed by atoms with van der Waals surface area (Å²) in [6, 6.07) is 8.98. The van der Waals surface area contributed by atoms with Crippen molar-refractivity contribution in [3.8, 4) is 17.2 Å². The number of methoxy groups -OCH3 is 1. The highest BCUT2D eigenvalue weighted by molar-refractivity contribution is 5.58. The zero-order valence-electron chi connectivity index (χ0n) is 11.2. The van der Waals surface area contributed by atoms with E-state index in [1.165, 1.54) is 31.4 Å². The topological polar surface area (TPSA) is 105 Å². The van der Waals surface area contributed by atoms with Crippen molar-refractivity contribution in [2.24, 2.45) is 0 Å². The molecule has 7 heteroatoms. The first-order chi connectivity index (χ1) is 10.0. The van der Waals surface area contributed by atoms with Crippen LogP contribution in [0, 0.1) is 10.1 Å². The van der Waals surface area contributed by atoms with Gasteiger partial charge in [-0.2, -0.15) is 0 Å². The third kappa shape index (κ3) is 3.33. The lowest BCUT2D eigenvalue weighted by molar-refractivity contribution is -0.385. The Balaban J connectivity index is 2.14. The van der Waals surface area contributed by atoms with Gasteiger partial charge in [-0.1, -0.05) is 6.07 Å². The minimum absolute atomic E-state index is 0.129. The van der Waals surface area contributed by atoms with Crippen LogP contribution in [0.3, 0.4) is 0 Å². The number of aromatic hydroxyl groups is 2. The molecule has 2 aromatic carbocycles. The molecule has 0 aliphatic rings. The molecule has 0 fully saturated rings. The Morgan fingerprint density at radius 1 is 1.19 bits per heavy atom. The zero-order chi connectivity index (χ0) is 15.4. The van der Waals surface area contributed by atoms with E-state index in [1.54, 1.807) is 12.1 Å². The number of hydrogen-bond donors (Lipinski definition) is 3. The monoisotopic (exact) mass is 290 g/mol. The second-order valence-corrected chi connectivity index (χ2v) is 4.32. The van der Waals surface area contributed by atoms with Gasteiger partial charge in [0.2, 0.25) is 0 Å². The fourth-order valence-electron chi connectivity index (χ4n) is 1.83. The van der Waals surface area contributed by atoms with Crippen molar-refractivity contribution in [2.75, 3.05) is 12.4 Å². The molecule has 0 spiro atoms. The van der Waals surface area contributed by atoms with Crippen LogP contribution in [0.4, 0.5) is 11.4 Å². The second kappa shape index (κ2) is 6.00. The fraction of sp³-hybridized carbons (Fsp3) is 0.143. The molecule has 0 amide bonds. The lowest BCUT2D eigenvalue weighted by atomic mass is 10.2. The Bertz CT molecular complexity index is 672. The summed E-state index contributed by atoms with van der Waals surface area (Å²) in [5.41, 5.74) is 1.15. The van der Waals surface area contributed by atoms with Gasteiger partial charge in [0, 0.05) is 18.3 Å². The van der Waals surface area contributed by atoms with E-state index >= 15 is 0 Å². The van der Waals surface area contributed by atoms with E-state index in [0.717, 1.165) is 5.56 Å². The summed E-state index contributed by atoms with van der Waals surface area (Å²) in [4.78, 5) is 10.4. The first kappa shape index (κ1) is 14.4. The summed E-state index contributed by atoms with van der Waals surface area (Å²) in [6.07, 6.45) is 0. The molecule has 0 atom stereocenters. The molecule has 7 nitrogen and oxygen atoms in total. The molecule has 0 saturated heterocycles. The van der Waals surface area contributed by atoms with Gasteiger partial charge >= 0.3 is 5.69 Å². The molecule has 0 aromatic heterocycles. The van der Waals surface area contributed by atoms with Crippen LogP contribution < -0.4 is 10.1 Å². The highest BCUT2D eigenvalue weighted by Crippen LogP contribution is 2.30. The van der Waals surface area contributed by atoms with Gasteiger partial charge in [-0.25, -0.2) is 0 Å². The average molecular weight is 290 g/mol. The maximum atomic E-state index is 10.9. The minimum Gasteiger partial charge on any atom is -0.504 e. The molecule has 0 heterocycles. The van der Waals surface area contributed by atoms with Gasteiger partial charge in [0.25, 0.3) is 0 Å². The van der Waals surface area contributed by atoms with E-state index in [0.29, 0.717) is 12.2 Å². The summed E-state index contributed by atoms with van der Waals surface area (Å²) in [7, 11) is 1.37. The van der Waals surface area contributed by atoms with Crippen molar-refractivity contribution in [3.63, 3.8) is 0 Å². The molecule has 0 aliphatic carbocycles.